The molecule has 82 valence electrons. The topological polar surface area (TPSA) is 63.1 Å². The molecular formula is C8H10N2O2S3. The second-order valence-electron chi connectivity index (χ2n) is 2.61. The van der Waals surface area contributed by atoms with Crippen molar-refractivity contribution in [1.29, 1.82) is 0 Å². The summed E-state index contributed by atoms with van der Waals surface area (Å²) in [4.78, 5) is 11.5. The van der Waals surface area contributed by atoms with Crippen LogP contribution in [0, 0.1) is 0 Å². The van der Waals surface area contributed by atoms with Gasteiger partial charge in [-0.05, 0) is 31.9 Å². The number of thioether (sulfide) groups is 2. The fourth-order valence-corrected chi connectivity index (χ4v) is 3.17. The van der Waals surface area contributed by atoms with E-state index in [0.29, 0.717) is 9.24 Å². The van der Waals surface area contributed by atoms with E-state index in [1.807, 2.05) is 6.26 Å². The molecule has 1 aromatic rings. The van der Waals surface area contributed by atoms with E-state index in [-0.39, 0.29) is 11.5 Å². The van der Waals surface area contributed by atoms with E-state index in [1.54, 1.807) is 0 Å². The fourth-order valence-electron chi connectivity index (χ4n) is 0.809. The minimum absolute atomic E-state index is 0.0217. The van der Waals surface area contributed by atoms with Crippen LogP contribution in [0.2, 0.25) is 0 Å². The fraction of sp³-hybridized carbons (Fsp3) is 0.375. The van der Waals surface area contributed by atoms with Gasteiger partial charge >= 0.3 is 0 Å². The summed E-state index contributed by atoms with van der Waals surface area (Å²) in [5, 5.41) is 17.1. The SMILES string of the molecule is CSc1nnc(S/C(C(C)=O)=C(\C)O)s1. The monoisotopic (exact) mass is 262 g/mol. The average molecular weight is 262 g/mol. The summed E-state index contributed by atoms with van der Waals surface area (Å²) >= 11 is 4.06. The summed E-state index contributed by atoms with van der Waals surface area (Å²) in [6.07, 6.45) is 1.91. The Morgan fingerprint density at radius 2 is 1.93 bits per heavy atom. The zero-order valence-electron chi connectivity index (χ0n) is 8.47. The molecule has 0 bridgehead atoms. The molecule has 0 spiro atoms. The van der Waals surface area contributed by atoms with Crippen LogP contribution in [0.25, 0.3) is 0 Å². The first-order chi connectivity index (χ1) is 7.04. The van der Waals surface area contributed by atoms with Crippen molar-refractivity contribution >= 4 is 40.6 Å². The highest BCUT2D eigenvalue weighted by molar-refractivity contribution is 8.06. The van der Waals surface area contributed by atoms with Crippen molar-refractivity contribution < 1.29 is 9.90 Å². The van der Waals surface area contributed by atoms with E-state index in [1.165, 1.54) is 36.9 Å². The first-order valence-electron chi connectivity index (χ1n) is 4.00. The van der Waals surface area contributed by atoms with Crippen LogP contribution in [0.1, 0.15) is 13.8 Å². The van der Waals surface area contributed by atoms with E-state index < -0.39 is 0 Å². The maximum absolute atomic E-state index is 11.2. The molecule has 15 heavy (non-hydrogen) atoms. The highest BCUT2D eigenvalue weighted by Gasteiger charge is 2.13. The van der Waals surface area contributed by atoms with Crippen molar-refractivity contribution in [3.63, 3.8) is 0 Å². The number of aromatic nitrogens is 2. The molecule has 0 saturated heterocycles. The van der Waals surface area contributed by atoms with Gasteiger partial charge in [0, 0.05) is 0 Å². The lowest BCUT2D eigenvalue weighted by Gasteiger charge is -2.00. The molecule has 1 rings (SSSR count). The summed E-state index contributed by atoms with van der Waals surface area (Å²) in [5.41, 5.74) is 0. The van der Waals surface area contributed by atoms with Crippen molar-refractivity contribution in [3.8, 4) is 0 Å². The number of hydrogen-bond donors (Lipinski definition) is 1. The number of nitrogens with zero attached hydrogens (tertiary/aromatic N) is 2. The quantitative estimate of drug-likeness (QED) is 0.511. The largest absolute Gasteiger partial charge is 0.511 e. The molecule has 0 radical (unpaired) electrons. The number of hydrogen-bond acceptors (Lipinski definition) is 7. The Balaban J connectivity index is 2.84. The molecule has 1 N–H and O–H groups in total. The Labute approximate surface area is 100 Å². The van der Waals surface area contributed by atoms with Gasteiger partial charge in [0.2, 0.25) is 0 Å². The van der Waals surface area contributed by atoms with Crippen LogP contribution in [0.5, 0.6) is 0 Å². The molecule has 7 heteroatoms. The van der Waals surface area contributed by atoms with Crippen molar-refractivity contribution in [2.45, 2.75) is 22.5 Å². The third-order valence-corrected chi connectivity index (χ3v) is 4.64. The van der Waals surface area contributed by atoms with Crippen molar-refractivity contribution in [1.82, 2.24) is 10.2 Å². The molecule has 0 fully saturated rings. The molecule has 4 nitrogen and oxygen atoms in total. The molecule has 1 aromatic heterocycles. The van der Waals surface area contributed by atoms with Gasteiger partial charge in [-0.1, -0.05) is 23.1 Å². The molecule has 0 aliphatic rings. The highest BCUT2D eigenvalue weighted by atomic mass is 32.2. The number of aliphatic hydroxyl groups excluding tert-OH is 1. The Kier molecular flexibility index (Phi) is 4.62. The lowest BCUT2D eigenvalue weighted by molar-refractivity contribution is -0.113. The number of ketones is 1. The maximum Gasteiger partial charge on any atom is 0.180 e. The minimum atomic E-state index is -0.166. The van der Waals surface area contributed by atoms with Gasteiger partial charge in [0.05, 0.1) is 4.91 Å². The van der Waals surface area contributed by atoms with E-state index >= 15 is 0 Å². The molecule has 0 unspecified atom stereocenters. The Bertz CT molecular complexity index is 396. The third kappa shape index (κ3) is 3.51. The van der Waals surface area contributed by atoms with E-state index in [9.17, 15) is 9.90 Å². The summed E-state index contributed by atoms with van der Waals surface area (Å²) in [5.74, 6) is -0.144. The summed E-state index contributed by atoms with van der Waals surface area (Å²) in [6, 6.07) is 0. The van der Waals surface area contributed by atoms with Crippen molar-refractivity contribution in [2.75, 3.05) is 6.26 Å². The van der Waals surface area contributed by atoms with Crippen LogP contribution in [-0.2, 0) is 4.79 Å². The van der Waals surface area contributed by atoms with Gasteiger partial charge in [0.15, 0.2) is 14.5 Å². The average Bonchev–Trinajstić information content (AvgIpc) is 2.60. The third-order valence-electron chi connectivity index (χ3n) is 1.40. The predicted octanol–water partition coefficient (Wildman–Crippen LogP) is 2.73. The number of carbonyl (C=O) groups is 1. The number of Topliss-reactive ketones (excluding diaryl/α,β-unsaturated/α-hetero) is 1. The minimum Gasteiger partial charge on any atom is -0.511 e. The standard InChI is InChI=1S/C8H10N2O2S3/c1-4(11)6(5(2)12)14-8-10-9-7(13-3)15-8/h11H,1-3H3/b6-4+. The normalized spacial score (nSPS) is 12.5. The molecule has 0 atom stereocenters. The molecule has 0 saturated carbocycles. The van der Waals surface area contributed by atoms with Crippen molar-refractivity contribution in [2.24, 2.45) is 0 Å². The molecule has 0 aliphatic carbocycles. The van der Waals surface area contributed by atoms with Gasteiger partial charge in [-0.15, -0.1) is 10.2 Å². The van der Waals surface area contributed by atoms with Crippen LogP contribution < -0.4 is 0 Å². The van der Waals surface area contributed by atoms with Crippen LogP contribution >= 0.6 is 34.9 Å². The maximum atomic E-state index is 11.2. The zero-order chi connectivity index (χ0) is 11.4. The van der Waals surface area contributed by atoms with Crippen LogP contribution in [-0.4, -0.2) is 27.3 Å². The van der Waals surface area contributed by atoms with Gasteiger partial charge in [-0.2, -0.15) is 0 Å². The Hall–Kier alpha value is -0.530. The van der Waals surface area contributed by atoms with E-state index in [0.717, 1.165) is 16.1 Å². The Morgan fingerprint density at radius 1 is 1.33 bits per heavy atom. The second kappa shape index (κ2) is 5.53. The van der Waals surface area contributed by atoms with Gasteiger partial charge in [0.25, 0.3) is 0 Å². The Morgan fingerprint density at radius 3 is 2.33 bits per heavy atom. The van der Waals surface area contributed by atoms with Gasteiger partial charge in [-0.3, -0.25) is 4.79 Å². The molecule has 0 amide bonds. The highest BCUT2D eigenvalue weighted by Crippen LogP contribution is 2.33. The summed E-state index contributed by atoms with van der Waals surface area (Å²) < 4.78 is 1.51. The molecule has 0 aliphatic heterocycles. The lowest BCUT2D eigenvalue weighted by Crippen LogP contribution is -1.95. The van der Waals surface area contributed by atoms with Crippen LogP contribution in [0.15, 0.2) is 19.3 Å². The predicted molar refractivity (Wildman–Crippen MR) is 63.6 cm³/mol. The lowest BCUT2D eigenvalue weighted by atomic mass is 10.4. The summed E-state index contributed by atoms with van der Waals surface area (Å²) in [6.45, 7) is 2.90. The molecular weight excluding hydrogens is 252 g/mol. The van der Waals surface area contributed by atoms with E-state index in [4.69, 9.17) is 0 Å². The van der Waals surface area contributed by atoms with Crippen LogP contribution in [0.4, 0.5) is 0 Å². The second-order valence-corrected chi connectivity index (χ2v) is 5.90. The number of carbonyl (C=O) groups excluding carboxylic acids is 1. The summed E-state index contributed by atoms with van der Waals surface area (Å²) in [7, 11) is 0. The first kappa shape index (κ1) is 12.5. The van der Waals surface area contributed by atoms with E-state index in [2.05, 4.69) is 10.2 Å². The van der Waals surface area contributed by atoms with Crippen molar-refractivity contribution in [3.05, 3.63) is 10.7 Å². The number of allylic oxidation sites excluding steroid dienone is 2. The van der Waals surface area contributed by atoms with Gasteiger partial charge in [0.1, 0.15) is 5.76 Å². The molecule has 0 aromatic carbocycles. The number of aliphatic hydroxyl groups is 1. The van der Waals surface area contributed by atoms with Crippen LogP contribution in [0.3, 0.4) is 0 Å². The molecule has 1 heterocycles. The number of rotatable bonds is 4. The zero-order valence-corrected chi connectivity index (χ0v) is 10.9. The van der Waals surface area contributed by atoms with Gasteiger partial charge < -0.3 is 5.11 Å². The van der Waals surface area contributed by atoms with Gasteiger partial charge in [-0.25, -0.2) is 0 Å². The first-order valence-corrected chi connectivity index (χ1v) is 6.86. The smallest absolute Gasteiger partial charge is 0.180 e.